The molecule has 0 heterocycles. The fourth-order valence-corrected chi connectivity index (χ4v) is 6.52. The first-order valence-electron chi connectivity index (χ1n) is 6.94. The minimum absolute atomic E-state index is 0.203. The normalized spacial score (nSPS) is 46.1. The highest BCUT2D eigenvalue weighted by molar-refractivity contribution is 7.87. The fraction of sp³-hybridized carbons (Fsp3) is 1.00. The molecule has 0 saturated heterocycles. The van der Waals surface area contributed by atoms with Gasteiger partial charge in [-0.1, -0.05) is 6.92 Å². The third-order valence-electron chi connectivity index (χ3n) is 5.68. The predicted octanol–water partition coefficient (Wildman–Crippen LogP) is 2.82. The Hall–Kier alpha value is -0.160. The van der Waals surface area contributed by atoms with Crippen molar-refractivity contribution < 1.29 is 17.4 Å². The van der Waals surface area contributed by atoms with Crippen molar-refractivity contribution in [2.45, 2.75) is 56.9 Å². The van der Waals surface area contributed by atoms with Crippen LogP contribution in [0.3, 0.4) is 0 Å². The lowest BCUT2D eigenvalue weighted by Crippen LogP contribution is -2.59. The summed E-state index contributed by atoms with van der Waals surface area (Å²) in [6.45, 7) is 1.49. The molecule has 1 unspecified atom stereocenters. The zero-order valence-corrected chi connectivity index (χ0v) is 11.5. The molecular formula is C13H20FO3S-. The Morgan fingerprint density at radius 1 is 1.17 bits per heavy atom. The lowest BCUT2D eigenvalue weighted by Gasteiger charge is -2.61. The molecule has 18 heavy (non-hydrogen) atoms. The molecule has 4 fully saturated rings. The molecule has 0 aliphatic heterocycles. The van der Waals surface area contributed by atoms with E-state index in [-0.39, 0.29) is 6.42 Å². The summed E-state index contributed by atoms with van der Waals surface area (Å²) in [5.74, 6) is 1.33. The van der Waals surface area contributed by atoms with Crippen LogP contribution in [0.1, 0.15) is 51.9 Å². The Morgan fingerprint density at radius 3 is 1.83 bits per heavy atom. The van der Waals surface area contributed by atoms with Crippen molar-refractivity contribution in [2.24, 2.45) is 23.2 Å². The van der Waals surface area contributed by atoms with Crippen LogP contribution in [0.15, 0.2) is 0 Å². The second-order valence-corrected chi connectivity index (χ2v) is 8.29. The van der Waals surface area contributed by atoms with Crippen LogP contribution >= 0.6 is 0 Å². The summed E-state index contributed by atoms with van der Waals surface area (Å²) in [5, 5.41) is -2.55. The maximum Gasteiger partial charge on any atom is 0.204 e. The Labute approximate surface area is 108 Å². The van der Waals surface area contributed by atoms with Crippen molar-refractivity contribution in [3.05, 3.63) is 0 Å². The predicted molar refractivity (Wildman–Crippen MR) is 64.4 cm³/mol. The highest BCUT2D eigenvalue weighted by atomic mass is 32.2. The number of halogens is 1. The molecule has 0 radical (unpaired) electrons. The van der Waals surface area contributed by atoms with E-state index in [9.17, 15) is 13.0 Å². The van der Waals surface area contributed by atoms with Gasteiger partial charge in [-0.05, 0) is 62.7 Å². The first-order valence-corrected chi connectivity index (χ1v) is 8.35. The van der Waals surface area contributed by atoms with Crippen LogP contribution in [0.25, 0.3) is 0 Å². The van der Waals surface area contributed by atoms with E-state index in [2.05, 4.69) is 0 Å². The monoisotopic (exact) mass is 275 g/mol. The van der Waals surface area contributed by atoms with E-state index in [1.807, 2.05) is 0 Å². The van der Waals surface area contributed by atoms with Gasteiger partial charge in [-0.3, -0.25) is 0 Å². The molecule has 0 spiro atoms. The molecule has 4 aliphatic rings. The number of rotatable bonds is 3. The summed E-state index contributed by atoms with van der Waals surface area (Å²) in [6.07, 6.45) is 4.93. The van der Waals surface area contributed by atoms with Gasteiger partial charge in [0.25, 0.3) is 0 Å². The smallest absolute Gasteiger partial charge is 0.204 e. The minimum atomic E-state index is -4.89. The zero-order chi connectivity index (χ0) is 13.2. The molecule has 5 heteroatoms. The van der Waals surface area contributed by atoms with Gasteiger partial charge < -0.3 is 4.55 Å². The highest BCUT2D eigenvalue weighted by Crippen LogP contribution is 2.66. The second kappa shape index (κ2) is 3.69. The summed E-state index contributed by atoms with van der Waals surface area (Å²) in [6, 6.07) is 0. The molecule has 4 saturated carbocycles. The van der Waals surface area contributed by atoms with Gasteiger partial charge in [-0.2, -0.15) is 0 Å². The average molecular weight is 275 g/mol. The lowest BCUT2D eigenvalue weighted by atomic mass is 9.48. The molecular weight excluding hydrogens is 255 g/mol. The van der Waals surface area contributed by atoms with Gasteiger partial charge in [0.05, 0.1) is 0 Å². The van der Waals surface area contributed by atoms with Gasteiger partial charge in [0, 0.05) is 5.41 Å². The number of alkyl halides is 1. The largest absolute Gasteiger partial charge is 0.745 e. The number of hydrogen-bond donors (Lipinski definition) is 0. The van der Waals surface area contributed by atoms with Gasteiger partial charge >= 0.3 is 0 Å². The molecule has 0 N–H and O–H groups in total. The zero-order valence-electron chi connectivity index (χ0n) is 10.7. The van der Waals surface area contributed by atoms with Crippen LogP contribution in [0, 0.1) is 23.2 Å². The van der Waals surface area contributed by atoms with Crippen LogP contribution in [0.5, 0.6) is 0 Å². The van der Waals surface area contributed by atoms with Crippen molar-refractivity contribution in [3.8, 4) is 0 Å². The molecule has 1 atom stereocenters. The number of hydrogen-bond acceptors (Lipinski definition) is 3. The third-order valence-corrected chi connectivity index (χ3v) is 7.20. The first kappa shape index (κ1) is 12.9. The molecule has 104 valence electrons. The van der Waals surface area contributed by atoms with Crippen molar-refractivity contribution in [1.29, 1.82) is 0 Å². The highest BCUT2D eigenvalue weighted by Gasteiger charge is 2.63. The van der Waals surface area contributed by atoms with Crippen LogP contribution in [-0.4, -0.2) is 18.0 Å². The van der Waals surface area contributed by atoms with Crippen LogP contribution in [0.2, 0.25) is 0 Å². The summed E-state index contributed by atoms with van der Waals surface area (Å²) in [4.78, 5) is 0. The molecule has 0 amide bonds. The minimum Gasteiger partial charge on any atom is -0.745 e. The van der Waals surface area contributed by atoms with E-state index in [0.717, 1.165) is 19.3 Å². The third kappa shape index (κ3) is 1.52. The second-order valence-electron chi connectivity index (χ2n) is 6.73. The summed E-state index contributed by atoms with van der Waals surface area (Å²) < 4.78 is 49.5. The Balaban J connectivity index is 2.05. The Bertz CT molecular complexity index is 424. The van der Waals surface area contributed by atoms with Gasteiger partial charge in [-0.25, -0.2) is 12.8 Å². The van der Waals surface area contributed by atoms with Crippen molar-refractivity contribution >= 4 is 10.1 Å². The summed E-state index contributed by atoms with van der Waals surface area (Å²) >= 11 is 0. The Kier molecular flexibility index (Phi) is 2.63. The molecule has 0 aromatic rings. The maximum absolute atomic E-state index is 15.1. The molecule has 3 nitrogen and oxygen atoms in total. The maximum atomic E-state index is 15.1. The van der Waals surface area contributed by atoms with Crippen molar-refractivity contribution in [2.75, 3.05) is 0 Å². The van der Waals surface area contributed by atoms with Gasteiger partial charge in [0.1, 0.15) is 10.1 Å². The lowest BCUT2D eigenvalue weighted by molar-refractivity contribution is -0.114. The molecule has 4 bridgehead atoms. The standard InChI is InChI=1S/C13H21FO3S/c1-2-13(14,18(15,16)17)12-6-9-3-10(7-12)5-11(4-9)8-12/h9-11H,2-8H2,1H3,(H,15,16,17)/p-1. The first-order chi connectivity index (χ1) is 8.30. The van der Waals surface area contributed by atoms with Crippen LogP contribution in [-0.2, 0) is 10.1 Å². The SMILES string of the molecule is CCC(F)(C12CC3CC(CC(C3)C1)C2)S(=O)(=O)[O-]. The molecule has 4 rings (SSSR count). The topological polar surface area (TPSA) is 57.2 Å². The summed E-state index contributed by atoms with van der Waals surface area (Å²) in [7, 11) is -4.89. The summed E-state index contributed by atoms with van der Waals surface area (Å²) in [5.41, 5.74) is -0.878. The van der Waals surface area contributed by atoms with E-state index in [4.69, 9.17) is 0 Å². The van der Waals surface area contributed by atoms with Crippen LogP contribution in [0.4, 0.5) is 4.39 Å². The average Bonchev–Trinajstić information content (AvgIpc) is 2.24. The van der Waals surface area contributed by atoms with Crippen molar-refractivity contribution in [3.63, 3.8) is 0 Å². The van der Waals surface area contributed by atoms with E-state index < -0.39 is 20.5 Å². The van der Waals surface area contributed by atoms with Crippen molar-refractivity contribution in [1.82, 2.24) is 0 Å². The van der Waals surface area contributed by atoms with Gasteiger partial charge in [0.15, 0.2) is 0 Å². The molecule has 0 aromatic heterocycles. The fourth-order valence-electron chi connectivity index (χ4n) is 5.38. The van der Waals surface area contributed by atoms with E-state index in [0.29, 0.717) is 37.0 Å². The van der Waals surface area contributed by atoms with E-state index in [1.54, 1.807) is 0 Å². The van der Waals surface area contributed by atoms with E-state index >= 15 is 4.39 Å². The van der Waals surface area contributed by atoms with E-state index in [1.165, 1.54) is 6.92 Å². The molecule has 4 aliphatic carbocycles. The Morgan fingerprint density at radius 2 is 1.56 bits per heavy atom. The van der Waals surface area contributed by atoms with Gasteiger partial charge in [-0.15, -0.1) is 0 Å². The molecule has 0 aromatic carbocycles. The quantitative estimate of drug-likeness (QED) is 0.744. The van der Waals surface area contributed by atoms with Gasteiger partial charge in [0.2, 0.25) is 5.00 Å². The van der Waals surface area contributed by atoms with Crippen LogP contribution < -0.4 is 0 Å².